The standard InChI is InChI=1S/C14H15N3O5S/c1-10-7-12(17(18)19)4-5-13(10)23(20,21)16-9-11-3-6-14(22-2)15-8-11/h3-8,16H,9H2,1-2H3. The molecule has 0 fully saturated rings. The van der Waals surface area contributed by atoms with Gasteiger partial charge in [-0.2, -0.15) is 0 Å². The monoisotopic (exact) mass is 337 g/mol. The van der Waals surface area contributed by atoms with Crippen LogP contribution in [0.15, 0.2) is 41.4 Å². The van der Waals surface area contributed by atoms with E-state index in [1.54, 1.807) is 12.1 Å². The van der Waals surface area contributed by atoms with Gasteiger partial charge in [-0.3, -0.25) is 10.1 Å². The summed E-state index contributed by atoms with van der Waals surface area (Å²) in [6, 6.07) is 6.93. The molecule has 0 saturated carbocycles. The fraction of sp³-hybridized carbons (Fsp3) is 0.214. The van der Waals surface area contributed by atoms with E-state index < -0.39 is 14.9 Å². The first-order valence-electron chi connectivity index (χ1n) is 6.57. The number of methoxy groups -OCH3 is 1. The molecule has 1 aromatic carbocycles. The molecule has 0 bridgehead atoms. The van der Waals surface area contributed by atoms with Gasteiger partial charge in [0, 0.05) is 30.9 Å². The van der Waals surface area contributed by atoms with Gasteiger partial charge in [0.2, 0.25) is 15.9 Å². The quantitative estimate of drug-likeness (QED) is 0.635. The van der Waals surface area contributed by atoms with Gasteiger partial charge in [-0.25, -0.2) is 18.1 Å². The average molecular weight is 337 g/mol. The van der Waals surface area contributed by atoms with Crippen molar-refractivity contribution in [2.45, 2.75) is 18.4 Å². The number of nitrogens with zero attached hydrogens (tertiary/aromatic N) is 2. The molecule has 0 radical (unpaired) electrons. The van der Waals surface area contributed by atoms with Crippen molar-refractivity contribution < 1.29 is 18.1 Å². The van der Waals surface area contributed by atoms with Crippen LogP contribution < -0.4 is 9.46 Å². The van der Waals surface area contributed by atoms with E-state index in [0.29, 0.717) is 17.0 Å². The largest absolute Gasteiger partial charge is 0.481 e. The van der Waals surface area contributed by atoms with Crippen molar-refractivity contribution in [2.24, 2.45) is 0 Å². The maximum absolute atomic E-state index is 12.3. The normalized spacial score (nSPS) is 11.2. The van der Waals surface area contributed by atoms with Gasteiger partial charge in [-0.1, -0.05) is 6.07 Å². The van der Waals surface area contributed by atoms with Gasteiger partial charge in [0.05, 0.1) is 16.9 Å². The molecule has 2 aromatic rings. The van der Waals surface area contributed by atoms with E-state index in [1.807, 2.05) is 0 Å². The van der Waals surface area contributed by atoms with E-state index in [2.05, 4.69) is 9.71 Å². The lowest BCUT2D eigenvalue weighted by Gasteiger charge is -2.09. The molecular weight excluding hydrogens is 322 g/mol. The SMILES string of the molecule is COc1ccc(CNS(=O)(=O)c2ccc([N+](=O)[O-])cc2C)cn1. The molecule has 1 aromatic heterocycles. The molecule has 23 heavy (non-hydrogen) atoms. The Balaban J connectivity index is 2.16. The molecule has 0 spiro atoms. The van der Waals surface area contributed by atoms with Crippen molar-refractivity contribution in [2.75, 3.05) is 7.11 Å². The fourth-order valence-electron chi connectivity index (χ4n) is 1.94. The van der Waals surface area contributed by atoms with E-state index in [-0.39, 0.29) is 17.1 Å². The van der Waals surface area contributed by atoms with Crippen LogP contribution in [-0.4, -0.2) is 25.4 Å². The number of nitrogens with one attached hydrogen (secondary N) is 1. The minimum Gasteiger partial charge on any atom is -0.481 e. The van der Waals surface area contributed by atoms with Crippen LogP contribution in [-0.2, 0) is 16.6 Å². The third kappa shape index (κ3) is 4.02. The highest BCUT2D eigenvalue weighted by atomic mass is 32.2. The van der Waals surface area contributed by atoms with Crippen LogP contribution in [0.25, 0.3) is 0 Å². The molecule has 0 saturated heterocycles. The summed E-state index contributed by atoms with van der Waals surface area (Å²) in [6.45, 7) is 1.56. The van der Waals surface area contributed by atoms with Gasteiger partial charge in [0.15, 0.2) is 0 Å². The second kappa shape index (κ2) is 6.71. The highest BCUT2D eigenvalue weighted by Gasteiger charge is 2.19. The fourth-order valence-corrected chi connectivity index (χ4v) is 3.18. The van der Waals surface area contributed by atoms with E-state index >= 15 is 0 Å². The molecule has 1 heterocycles. The lowest BCUT2D eigenvalue weighted by atomic mass is 10.2. The maximum atomic E-state index is 12.3. The Labute approximate surface area is 133 Å². The molecule has 0 atom stereocenters. The molecule has 0 amide bonds. The second-order valence-corrected chi connectivity index (χ2v) is 6.48. The molecule has 0 aliphatic heterocycles. The second-order valence-electron chi connectivity index (χ2n) is 4.74. The van der Waals surface area contributed by atoms with Gasteiger partial charge in [-0.15, -0.1) is 0 Å². The summed E-state index contributed by atoms with van der Waals surface area (Å²) in [5, 5.41) is 10.7. The third-order valence-corrected chi connectivity index (χ3v) is 4.69. The summed E-state index contributed by atoms with van der Waals surface area (Å²) in [6.07, 6.45) is 1.50. The Kier molecular flexibility index (Phi) is 4.92. The molecule has 9 heteroatoms. The number of hydrogen-bond donors (Lipinski definition) is 1. The van der Waals surface area contributed by atoms with Gasteiger partial charge < -0.3 is 4.74 Å². The summed E-state index contributed by atoms with van der Waals surface area (Å²) >= 11 is 0. The van der Waals surface area contributed by atoms with E-state index in [0.717, 1.165) is 6.07 Å². The molecule has 2 rings (SSSR count). The number of sulfonamides is 1. The first-order chi connectivity index (χ1) is 10.8. The minimum atomic E-state index is -3.78. The number of nitro groups is 1. The van der Waals surface area contributed by atoms with Crippen LogP contribution in [0.5, 0.6) is 5.88 Å². The highest BCUT2D eigenvalue weighted by Crippen LogP contribution is 2.21. The predicted octanol–water partition coefficient (Wildman–Crippen LogP) is 1.79. The van der Waals surface area contributed by atoms with Gasteiger partial charge >= 0.3 is 0 Å². The van der Waals surface area contributed by atoms with Crippen LogP contribution in [0.3, 0.4) is 0 Å². The molecule has 122 valence electrons. The first-order valence-corrected chi connectivity index (χ1v) is 8.05. The van der Waals surface area contributed by atoms with Gasteiger partial charge in [0.1, 0.15) is 0 Å². The Bertz CT molecular complexity index is 819. The number of aryl methyl sites for hydroxylation is 1. The Morgan fingerprint density at radius 2 is 2.04 bits per heavy atom. The van der Waals surface area contributed by atoms with Crippen LogP contribution in [0.4, 0.5) is 5.69 Å². The van der Waals surface area contributed by atoms with Crippen LogP contribution in [0, 0.1) is 17.0 Å². The zero-order valence-electron chi connectivity index (χ0n) is 12.5. The summed E-state index contributed by atoms with van der Waals surface area (Å²) in [4.78, 5) is 14.1. The maximum Gasteiger partial charge on any atom is 0.269 e. The highest BCUT2D eigenvalue weighted by molar-refractivity contribution is 7.89. The number of aromatic nitrogens is 1. The molecule has 8 nitrogen and oxygen atoms in total. The number of non-ortho nitro benzene ring substituents is 1. The van der Waals surface area contributed by atoms with Crippen molar-refractivity contribution in [3.05, 3.63) is 57.8 Å². The van der Waals surface area contributed by atoms with Crippen molar-refractivity contribution in [1.82, 2.24) is 9.71 Å². The summed E-state index contributed by atoms with van der Waals surface area (Å²) in [5.74, 6) is 0.433. The van der Waals surface area contributed by atoms with Crippen LogP contribution in [0.1, 0.15) is 11.1 Å². The van der Waals surface area contributed by atoms with Crippen molar-refractivity contribution in [3.63, 3.8) is 0 Å². The van der Waals surface area contributed by atoms with Gasteiger partial charge in [-0.05, 0) is 24.1 Å². The summed E-state index contributed by atoms with van der Waals surface area (Å²) in [7, 11) is -2.29. The number of nitro benzene ring substituents is 1. The lowest BCUT2D eigenvalue weighted by molar-refractivity contribution is -0.385. The third-order valence-electron chi connectivity index (χ3n) is 3.13. The van der Waals surface area contributed by atoms with Crippen molar-refractivity contribution in [3.8, 4) is 5.88 Å². The predicted molar refractivity (Wildman–Crippen MR) is 82.6 cm³/mol. The molecule has 1 N–H and O–H groups in total. The van der Waals surface area contributed by atoms with Crippen LogP contribution >= 0.6 is 0 Å². The van der Waals surface area contributed by atoms with E-state index in [4.69, 9.17) is 4.74 Å². The van der Waals surface area contributed by atoms with Crippen LogP contribution in [0.2, 0.25) is 0 Å². The number of ether oxygens (including phenoxy) is 1. The topological polar surface area (TPSA) is 111 Å². The minimum absolute atomic E-state index is 0.00423. The van der Waals surface area contributed by atoms with E-state index in [1.165, 1.54) is 32.4 Å². The van der Waals surface area contributed by atoms with Gasteiger partial charge in [0.25, 0.3) is 5.69 Å². The Hall–Kier alpha value is -2.52. The van der Waals surface area contributed by atoms with Crippen molar-refractivity contribution >= 4 is 15.7 Å². The molecular formula is C14H15N3O5S. The zero-order valence-corrected chi connectivity index (χ0v) is 13.3. The lowest BCUT2D eigenvalue weighted by Crippen LogP contribution is -2.24. The zero-order chi connectivity index (χ0) is 17.0. The first kappa shape index (κ1) is 16.8. The summed E-state index contributed by atoms with van der Waals surface area (Å²) < 4.78 is 32.0. The molecule has 0 aliphatic carbocycles. The average Bonchev–Trinajstić information content (AvgIpc) is 2.53. The number of hydrogen-bond acceptors (Lipinski definition) is 6. The summed E-state index contributed by atoms with van der Waals surface area (Å²) in [5.41, 5.74) is 0.814. The number of benzene rings is 1. The molecule has 0 unspecified atom stereocenters. The Morgan fingerprint density at radius 3 is 2.57 bits per heavy atom. The van der Waals surface area contributed by atoms with Crippen molar-refractivity contribution in [1.29, 1.82) is 0 Å². The molecule has 0 aliphatic rings. The van der Waals surface area contributed by atoms with E-state index in [9.17, 15) is 18.5 Å². The number of pyridine rings is 1. The smallest absolute Gasteiger partial charge is 0.269 e. The number of rotatable bonds is 6. The Morgan fingerprint density at radius 1 is 1.30 bits per heavy atom.